The van der Waals surface area contributed by atoms with Gasteiger partial charge in [-0.25, -0.2) is 9.78 Å². The highest BCUT2D eigenvalue weighted by molar-refractivity contribution is 6.52. The number of nitrogens with zero attached hydrogens (tertiary/aromatic N) is 1. The second-order valence-corrected chi connectivity index (χ2v) is 8.05. The van der Waals surface area contributed by atoms with Gasteiger partial charge in [-0.1, -0.05) is 12.1 Å². The summed E-state index contributed by atoms with van der Waals surface area (Å²) in [5.41, 5.74) is -0.622. The van der Waals surface area contributed by atoms with Crippen molar-refractivity contribution in [2.75, 3.05) is 5.32 Å². The van der Waals surface area contributed by atoms with Crippen LogP contribution in [0.4, 0.5) is 10.6 Å². The normalized spacial score (nSPS) is 19.2. The molecule has 1 amide bonds. The number of pyridine rings is 1. The van der Waals surface area contributed by atoms with E-state index in [4.69, 9.17) is 14.0 Å². The first-order chi connectivity index (χ1) is 11.4. The average Bonchev–Trinajstić information content (AvgIpc) is 2.63. The van der Waals surface area contributed by atoms with Gasteiger partial charge in [0, 0.05) is 11.8 Å². The molecule has 2 rings (SSSR count). The van der Waals surface area contributed by atoms with Crippen LogP contribution in [0, 0.1) is 0 Å². The van der Waals surface area contributed by atoms with Crippen molar-refractivity contribution >= 4 is 25.1 Å². The molecule has 1 fully saturated rings. The number of amides is 1. The van der Waals surface area contributed by atoms with E-state index in [0.717, 1.165) is 5.56 Å². The molecule has 0 saturated carbocycles. The lowest BCUT2D eigenvalue weighted by molar-refractivity contribution is 0.00578. The van der Waals surface area contributed by atoms with Crippen LogP contribution in [-0.4, -0.2) is 35.0 Å². The quantitative estimate of drug-likeness (QED) is 0.836. The molecule has 0 radical (unpaired) electrons. The van der Waals surface area contributed by atoms with Crippen LogP contribution in [0.3, 0.4) is 0 Å². The molecular formula is C18H27BN2O4. The smallest absolute Gasteiger partial charge is 0.444 e. The Hall–Kier alpha value is -1.86. The van der Waals surface area contributed by atoms with E-state index in [1.54, 1.807) is 12.3 Å². The summed E-state index contributed by atoms with van der Waals surface area (Å²) < 4.78 is 17.1. The molecule has 1 N–H and O–H groups in total. The molecule has 1 aromatic rings. The molecule has 2 heterocycles. The lowest BCUT2D eigenvalue weighted by Gasteiger charge is -2.32. The van der Waals surface area contributed by atoms with Gasteiger partial charge in [0.05, 0.1) is 11.2 Å². The van der Waals surface area contributed by atoms with Crippen LogP contribution >= 0.6 is 0 Å². The van der Waals surface area contributed by atoms with Crippen molar-refractivity contribution in [1.29, 1.82) is 0 Å². The molecular weight excluding hydrogens is 319 g/mol. The number of anilines is 1. The summed E-state index contributed by atoms with van der Waals surface area (Å²) in [6, 6.07) is 3.64. The van der Waals surface area contributed by atoms with Gasteiger partial charge in [0.2, 0.25) is 0 Å². The van der Waals surface area contributed by atoms with Gasteiger partial charge >= 0.3 is 13.2 Å². The maximum absolute atomic E-state index is 12.0. The average molecular weight is 346 g/mol. The van der Waals surface area contributed by atoms with E-state index >= 15 is 0 Å². The number of rotatable bonds is 3. The highest BCUT2D eigenvalue weighted by Gasteiger charge is 2.50. The zero-order chi connectivity index (χ0) is 18.9. The van der Waals surface area contributed by atoms with E-state index in [1.165, 1.54) is 0 Å². The molecule has 0 atom stereocenters. The second kappa shape index (κ2) is 6.80. The standard InChI is InChI=1S/C18H27BN2O4/c1-16(2,3)23-15(22)21-14-13(9-8-12-20-14)10-11-19-24-17(4,5)18(6,7)25-19/h8-12H,1-7H3,(H,20,21,22)/b11-10+. The van der Waals surface area contributed by atoms with Gasteiger partial charge in [-0.15, -0.1) is 0 Å². The zero-order valence-corrected chi connectivity index (χ0v) is 16.0. The van der Waals surface area contributed by atoms with Gasteiger partial charge in [-0.05, 0) is 60.6 Å². The van der Waals surface area contributed by atoms with Gasteiger partial charge in [0.15, 0.2) is 0 Å². The number of hydrogen-bond acceptors (Lipinski definition) is 5. The number of aromatic nitrogens is 1. The number of carbonyl (C=O) groups excluding carboxylic acids is 1. The molecule has 136 valence electrons. The Morgan fingerprint density at radius 3 is 2.40 bits per heavy atom. The largest absolute Gasteiger partial charge is 0.487 e. The maximum atomic E-state index is 12.0. The van der Waals surface area contributed by atoms with Gasteiger partial charge in [-0.2, -0.15) is 0 Å². The Balaban J connectivity index is 2.10. The van der Waals surface area contributed by atoms with E-state index in [2.05, 4.69) is 10.3 Å². The van der Waals surface area contributed by atoms with Crippen molar-refractivity contribution in [2.24, 2.45) is 0 Å². The third-order valence-electron chi connectivity index (χ3n) is 4.16. The van der Waals surface area contributed by atoms with Gasteiger partial charge in [-0.3, -0.25) is 5.32 Å². The van der Waals surface area contributed by atoms with Crippen molar-refractivity contribution in [3.05, 3.63) is 29.9 Å². The summed E-state index contributed by atoms with van der Waals surface area (Å²) in [6.07, 6.45) is 2.89. The van der Waals surface area contributed by atoms with Crippen LogP contribution in [-0.2, 0) is 14.0 Å². The fraction of sp³-hybridized carbons (Fsp3) is 0.556. The first-order valence-corrected chi connectivity index (χ1v) is 8.38. The summed E-state index contributed by atoms with van der Waals surface area (Å²) in [6.45, 7) is 13.4. The van der Waals surface area contributed by atoms with E-state index in [0.29, 0.717) is 5.82 Å². The minimum absolute atomic E-state index is 0.394. The van der Waals surface area contributed by atoms with Crippen LogP contribution in [0.5, 0.6) is 0 Å². The zero-order valence-electron chi connectivity index (χ0n) is 16.0. The van der Waals surface area contributed by atoms with Crippen LogP contribution < -0.4 is 5.32 Å². The monoisotopic (exact) mass is 346 g/mol. The molecule has 0 bridgehead atoms. The summed E-state index contributed by atoms with van der Waals surface area (Å²) in [5.74, 6) is 2.23. The first-order valence-electron chi connectivity index (χ1n) is 8.38. The van der Waals surface area contributed by atoms with E-state index in [1.807, 2.05) is 66.6 Å². The third kappa shape index (κ3) is 5.06. The molecule has 6 nitrogen and oxygen atoms in total. The lowest BCUT2D eigenvalue weighted by atomic mass is 9.89. The summed E-state index contributed by atoms with van der Waals surface area (Å²) in [4.78, 5) is 16.2. The molecule has 7 heteroatoms. The Labute approximate surface area is 150 Å². The number of hydrogen-bond donors (Lipinski definition) is 1. The maximum Gasteiger partial charge on any atom is 0.487 e. The molecule has 0 aromatic carbocycles. The van der Waals surface area contributed by atoms with Gasteiger partial charge in [0.1, 0.15) is 11.4 Å². The van der Waals surface area contributed by atoms with Crippen molar-refractivity contribution in [1.82, 2.24) is 4.98 Å². The predicted octanol–water partition coefficient (Wildman–Crippen LogP) is 4.07. The fourth-order valence-electron chi connectivity index (χ4n) is 2.21. The minimum atomic E-state index is -0.572. The van der Waals surface area contributed by atoms with E-state index in [9.17, 15) is 4.79 Å². The SMILES string of the molecule is CC(C)(C)OC(=O)Nc1ncccc1/C=C/B1OC(C)(C)C(C)(C)O1. The predicted molar refractivity (Wildman–Crippen MR) is 99.2 cm³/mol. The summed E-state index contributed by atoms with van der Waals surface area (Å²) in [7, 11) is -0.459. The number of carbonyl (C=O) groups is 1. The van der Waals surface area contributed by atoms with Crippen molar-refractivity contribution < 1.29 is 18.8 Å². The Bertz CT molecular complexity index is 649. The van der Waals surface area contributed by atoms with Crippen LogP contribution in [0.15, 0.2) is 24.3 Å². The molecule has 1 saturated heterocycles. The van der Waals surface area contributed by atoms with E-state index < -0.39 is 30.0 Å². The van der Waals surface area contributed by atoms with Crippen LogP contribution in [0.25, 0.3) is 6.08 Å². The minimum Gasteiger partial charge on any atom is -0.444 e. The van der Waals surface area contributed by atoms with Crippen LogP contribution in [0.1, 0.15) is 54.0 Å². The highest BCUT2D eigenvalue weighted by atomic mass is 16.7. The first kappa shape index (κ1) is 19.5. The number of ether oxygens (including phenoxy) is 1. The number of nitrogens with one attached hydrogen (secondary N) is 1. The van der Waals surface area contributed by atoms with Crippen molar-refractivity contribution in [3.8, 4) is 0 Å². The highest BCUT2D eigenvalue weighted by Crippen LogP contribution is 2.37. The molecule has 25 heavy (non-hydrogen) atoms. The molecule has 1 aromatic heterocycles. The Kier molecular flexibility index (Phi) is 5.30. The molecule has 1 aliphatic heterocycles. The molecule has 0 unspecified atom stereocenters. The topological polar surface area (TPSA) is 69.7 Å². The molecule has 1 aliphatic rings. The second-order valence-electron chi connectivity index (χ2n) is 8.05. The van der Waals surface area contributed by atoms with Crippen LogP contribution in [0.2, 0.25) is 0 Å². The van der Waals surface area contributed by atoms with Gasteiger partial charge < -0.3 is 14.0 Å². The third-order valence-corrected chi connectivity index (χ3v) is 4.16. The Morgan fingerprint density at radius 2 is 1.84 bits per heavy atom. The lowest BCUT2D eigenvalue weighted by Crippen LogP contribution is -2.41. The van der Waals surface area contributed by atoms with E-state index in [-0.39, 0.29) is 0 Å². The fourth-order valence-corrected chi connectivity index (χ4v) is 2.21. The summed E-state index contributed by atoms with van der Waals surface area (Å²) >= 11 is 0. The van der Waals surface area contributed by atoms with Crippen molar-refractivity contribution in [3.63, 3.8) is 0 Å². The van der Waals surface area contributed by atoms with Gasteiger partial charge in [0.25, 0.3) is 0 Å². The molecule has 0 spiro atoms. The Morgan fingerprint density at radius 1 is 1.24 bits per heavy atom. The van der Waals surface area contributed by atoms with Crippen molar-refractivity contribution in [2.45, 2.75) is 65.3 Å². The summed E-state index contributed by atoms with van der Waals surface area (Å²) in [5, 5.41) is 2.67. The molecule has 0 aliphatic carbocycles.